The van der Waals surface area contributed by atoms with Crippen molar-refractivity contribution in [1.82, 2.24) is 5.32 Å². The highest BCUT2D eigenvalue weighted by molar-refractivity contribution is 7.98. The molecule has 0 spiro atoms. The van der Waals surface area contributed by atoms with Crippen LogP contribution in [0.5, 0.6) is 5.75 Å². The lowest BCUT2D eigenvalue weighted by Gasteiger charge is -2.26. The zero-order chi connectivity index (χ0) is 11.2. The minimum absolute atomic E-state index is 0.744. The molecule has 1 fully saturated rings. The first-order chi connectivity index (χ1) is 7.90. The van der Waals surface area contributed by atoms with Crippen LogP contribution in [0.4, 0.5) is 0 Å². The molecule has 1 heterocycles. The Labute approximate surface area is 102 Å². The molecule has 0 bridgehead atoms. The number of para-hydroxylation sites is 1. The summed E-state index contributed by atoms with van der Waals surface area (Å²) in [5.74, 6) is 4.24. The van der Waals surface area contributed by atoms with E-state index in [1.807, 2.05) is 24.8 Å². The van der Waals surface area contributed by atoms with Gasteiger partial charge in [0.1, 0.15) is 5.75 Å². The lowest BCUT2D eigenvalue weighted by Crippen LogP contribution is -2.43. The molecule has 3 heteroatoms. The maximum absolute atomic E-state index is 5.61. The lowest BCUT2D eigenvalue weighted by atomic mass is 10.1. The Bertz CT molecular complexity index is 325. The summed E-state index contributed by atoms with van der Waals surface area (Å²) in [4.78, 5) is 0. The van der Waals surface area contributed by atoms with Gasteiger partial charge in [-0.3, -0.25) is 0 Å². The van der Waals surface area contributed by atoms with Gasteiger partial charge in [-0.05, 0) is 37.8 Å². The molecule has 2 rings (SSSR count). The fourth-order valence-electron chi connectivity index (χ4n) is 1.72. The summed E-state index contributed by atoms with van der Waals surface area (Å²) in [6, 6.07) is 8.35. The van der Waals surface area contributed by atoms with Crippen LogP contribution in [0.15, 0.2) is 24.3 Å². The summed E-state index contributed by atoms with van der Waals surface area (Å²) in [5.41, 5.74) is 1.32. The van der Waals surface area contributed by atoms with Crippen LogP contribution in [0.1, 0.15) is 12.5 Å². The largest absolute Gasteiger partial charge is 0.494 e. The molecule has 88 valence electrons. The first-order valence-corrected chi connectivity index (χ1v) is 7.04. The molecule has 0 aliphatic carbocycles. The summed E-state index contributed by atoms with van der Waals surface area (Å²) in [6.45, 7) is 5.17. The molecule has 1 N–H and O–H groups in total. The summed E-state index contributed by atoms with van der Waals surface area (Å²) >= 11 is 2.01. The van der Waals surface area contributed by atoms with E-state index in [9.17, 15) is 0 Å². The number of ether oxygens (including phenoxy) is 1. The smallest absolute Gasteiger partial charge is 0.123 e. The average Bonchev–Trinajstić information content (AvgIpc) is 2.24. The molecule has 16 heavy (non-hydrogen) atoms. The quantitative estimate of drug-likeness (QED) is 0.821. The Kier molecular flexibility index (Phi) is 4.55. The minimum atomic E-state index is 0.744. The van der Waals surface area contributed by atoms with Crippen molar-refractivity contribution in [3.63, 3.8) is 0 Å². The van der Waals surface area contributed by atoms with Crippen LogP contribution in [-0.2, 0) is 5.75 Å². The first-order valence-electron chi connectivity index (χ1n) is 5.89. The molecule has 0 aromatic heterocycles. The van der Waals surface area contributed by atoms with E-state index in [-0.39, 0.29) is 0 Å². The van der Waals surface area contributed by atoms with Gasteiger partial charge in [0.05, 0.1) is 6.61 Å². The lowest BCUT2D eigenvalue weighted by molar-refractivity contribution is 0.337. The molecule has 0 unspecified atom stereocenters. The van der Waals surface area contributed by atoms with E-state index in [0.717, 1.165) is 24.0 Å². The van der Waals surface area contributed by atoms with Crippen molar-refractivity contribution in [2.24, 2.45) is 5.92 Å². The summed E-state index contributed by atoms with van der Waals surface area (Å²) in [7, 11) is 0. The highest BCUT2D eigenvalue weighted by Crippen LogP contribution is 2.24. The monoisotopic (exact) mass is 237 g/mol. The number of hydrogen-bond acceptors (Lipinski definition) is 3. The van der Waals surface area contributed by atoms with E-state index in [2.05, 4.69) is 23.5 Å². The Morgan fingerprint density at radius 3 is 2.88 bits per heavy atom. The van der Waals surface area contributed by atoms with Crippen LogP contribution in [0, 0.1) is 5.92 Å². The summed E-state index contributed by atoms with van der Waals surface area (Å²) in [6.07, 6.45) is 0. The molecular formula is C13H19NOS. The van der Waals surface area contributed by atoms with Gasteiger partial charge in [-0.1, -0.05) is 18.2 Å². The normalized spacial score (nSPS) is 15.8. The molecule has 0 atom stereocenters. The third kappa shape index (κ3) is 3.16. The van der Waals surface area contributed by atoms with Crippen LogP contribution in [-0.4, -0.2) is 25.4 Å². The zero-order valence-corrected chi connectivity index (χ0v) is 10.6. The molecular weight excluding hydrogens is 218 g/mol. The van der Waals surface area contributed by atoms with E-state index in [4.69, 9.17) is 4.74 Å². The van der Waals surface area contributed by atoms with Gasteiger partial charge in [0.25, 0.3) is 0 Å². The van der Waals surface area contributed by atoms with Crippen molar-refractivity contribution in [2.75, 3.05) is 25.4 Å². The molecule has 2 nitrogen and oxygen atoms in total. The molecule has 0 saturated carbocycles. The average molecular weight is 237 g/mol. The molecule has 0 amide bonds. The van der Waals surface area contributed by atoms with Gasteiger partial charge in [-0.25, -0.2) is 0 Å². The number of thioether (sulfide) groups is 1. The second kappa shape index (κ2) is 6.16. The number of nitrogens with one attached hydrogen (secondary N) is 1. The Balaban J connectivity index is 1.82. The second-order valence-electron chi connectivity index (χ2n) is 4.08. The standard InChI is InChI=1S/C13H19NOS/c1-2-15-13-6-4-3-5-12(13)10-16-9-11-7-14-8-11/h3-6,11,14H,2,7-10H2,1H3. The van der Waals surface area contributed by atoms with Gasteiger partial charge in [0, 0.05) is 11.3 Å². The van der Waals surface area contributed by atoms with Gasteiger partial charge in [-0.2, -0.15) is 11.8 Å². The van der Waals surface area contributed by atoms with E-state index < -0.39 is 0 Å². The third-order valence-corrected chi connectivity index (χ3v) is 3.97. The van der Waals surface area contributed by atoms with Gasteiger partial charge >= 0.3 is 0 Å². The van der Waals surface area contributed by atoms with Crippen LogP contribution >= 0.6 is 11.8 Å². The van der Waals surface area contributed by atoms with E-state index in [1.54, 1.807) is 0 Å². The Morgan fingerprint density at radius 1 is 1.38 bits per heavy atom. The van der Waals surface area contributed by atoms with Crippen molar-refractivity contribution in [3.05, 3.63) is 29.8 Å². The summed E-state index contributed by atoms with van der Waals surface area (Å²) < 4.78 is 5.61. The maximum atomic E-state index is 5.61. The fraction of sp³-hybridized carbons (Fsp3) is 0.538. The highest BCUT2D eigenvalue weighted by atomic mass is 32.2. The Morgan fingerprint density at radius 2 is 2.19 bits per heavy atom. The van der Waals surface area contributed by atoms with Crippen molar-refractivity contribution in [1.29, 1.82) is 0 Å². The van der Waals surface area contributed by atoms with E-state index in [0.29, 0.717) is 0 Å². The van der Waals surface area contributed by atoms with Crippen molar-refractivity contribution >= 4 is 11.8 Å². The molecule has 1 aromatic rings. The molecule has 0 radical (unpaired) electrons. The van der Waals surface area contributed by atoms with Gasteiger partial charge < -0.3 is 10.1 Å². The maximum Gasteiger partial charge on any atom is 0.123 e. The molecule has 1 saturated heterocycles. The fourth-order valence-corrected chi connectivity index (χ4v) is 2.87. The SMILES string of the molecule is CCOc1ccccc1CSCC1CNC1. The first kappa shape index (κ1) is 11.8. The molecule has 1 aliphatic rings. The Hall–Kier alpha value is -0.670. The van der Waals surface area contributed by atoms with Gasteiger partial charge in [-0.15, -0.1) is 0 Å². The van der Waals surface area contributed by atoms with Crippen molar-refractivity contribution in [2.45, 2.75) is 12.7 Å². The number of benzene rings is 1. The number of rotatable bonds is 6. The van der Waals surface area contributed by atoms with Gasteiger partial charge in [0.15, 0.2) is 0 Å². The van der Waals surface area contributed by atoms with Crippen LogP contribution in [0.3, 0.4) is 0 Å². The predicted octanol–water partition coefficient (Wildman–Crippen LogP) is 2.54. The highest BCUT2D eigenvalue weighted by Gasteiger charge is 2.16. The van der Waals surface area contributed by atoms with Crippen molar-refractivity contribution in [3.8, 4) is 5.75 Å². The van der Waals surface area contributed by atoms with Crippen LogP contribution < -0.4 is 10.1 Å². The van der Waals surface area contributed by atoms with Gasteiger partial charge in [0.2, 0.25) is 0 Å². The third-order valence-electron chi connectivity index (χ3n) is 2.75. The van der Waals surface area contributed by atoms with Crippen molar-refractivity contribution < 1.29 is 4.74 Å². The summed E-state index contributed by atoms with van der Waals surface area (Å²) in [5, 5.41) is 3.30. The minimum Gasteiger partial charge on any atom is -0.494 e. The second-order valence-corrected chi connectivity index (χ2v) is 5.11. The van der Waals surface area contributed by atoms with E-state index in [1.165, 1.54) is 24.4 Å². The van der Waals surface area contributed by atoms with E-state index >= 15 is 0 Å². The zero-order valence-electron chi connectivity index (χ0n) is 9.74. The molecule has 1 aromatic carbocycles. The topological polar surface area (TPSA) is 21.3 Å². The van der Waals surface area contributed by atoms with Crippen LogP contribution in [0.25, 0.3) is 0 Å². The number of hydrogen-bond donors (Lipinski definition) is 1. The van der Waals surface area contributed by atoms with Crippen LogP contribution in [0.2, 0.25) is 0 Å². The molecule has 1 aliphatic heterocycles. The predicted molar refractivity (Wildman–Crippen MR) is 70.1 cm³/mol.